The number of allylic oxidation sites excluding steroid dienone is 8. The molecule has 3 aliphatic rings. The van der Waals surface area contributed by atoms with Crippen molar-refractivity contribution < 1.29 is 0 Å². The van der Waals surface area contributed by atoms with Gasteiger partial charge < -0.3 is 0 Å². The van der Waals surface area contributed by atoms with Gasteiger partial charge in [-0.2, -0.15) is 0 Å². The Balaban J connectivity index is 1.47. The third-order valence-electron chi connectivity index (χ3n) is 8.39. The topological polar surface area (TPSA) is 0 Å². The fourth-order valence-corrected chi connectivity index (χ4v) is 6.77. The van der Waals surface area contributed by atoms with Gasteiger partial charge in [-0.1, -0.05) is 132 Å². The van der Waals surface area contributed by atoms with Gasteiger partial charge in [0.2, 0.25) is 0 Å². The van der Waals surface area contributed by atoms with Crippen LogP contribution in [-0.2, 0) is 5.41 Å². The van der Waals surface area contributed by atoms with Crippen molar-refractivity contribution in [3.8, 4) is 0 Å². The fourth-order valence-electron chi connectivity index (χ4n) is 6.77. The van der Waals surface area contributed by atoms with Crippen molar-refractivity contribution in [3.63, 3.8) is 0 Å². The molecule has 0 atom stereocenters. The van der Waals surface area contributed by atoms with E-state index in [9.17, 15) is 0 Å². The predicted molar refractivity (Wildman–Crippen MR) is 155 cm³/mol. The van der Waals surface area contributed by atoms with Crippen molar-refractivity contribution in [2.24, 2.45) is 0 Å². The van der Waals surface area contributed by atoms with E-state index in [1.165, 1.54) is 66.8 Å². The SMILES string of the molecule is Cc1cccc(C2=CC3=C(C2)C2=C(C=C(c4cccc(C)c4)C2)C3(c2ccccc2)c2ccccc2)c1. The minimum absolute atomic E-state index is 0.301. The van der Waals surface area contributed by atoms with Gasteiger partial charge in [-0.05, 0) is 82.4 Å². The van der Waals surface area contributed by atoms with Crippen LogP contribution < -0.4 is 0 Å². The Hall–Kier alpha value is -4.16. The summed E-state index contributed by atoms with van der Waals surface area (Å²) in [5, 5.41) is 0. The van der Waals surface area contributed by atoms with E-state index >= 15 is 0 Å². The van der Waals surface area contributed by atoms with E-state index in [-0.39, 0.29) is 5.41 Å². The second kappa shape index (κ2) is 8.46. The summed E-state index contributed by atoms with van der Waals surface area (Å²) in [5.74, 6) is 0. The lowest BCUT2D eigenvalue weighted by Crippen LogP contribution is -2.29. The lowest BCUT2D eigenvalue weighted by Gasteiger charge is -2.35. The molecule has 0 saturated heterocycles. The Morgan fingerprint density at radius 1 is 0.486 bits per heavy atom. The van der Waals surface area contributed by atoms with Gasteiger partial charge in [0.25, 0.3) is 0 Å². The van der Waals surface area contributed by atoms with Crippen molar-refractivity contribution in [1.29, 1.82) is 0 Å². The molecule has 0 heterocycles. The number of rotatable bonds is 4. The molecule has 0 bridgehead atoms. The minimum Gasteiger partial charge on any atom is -0.0622 e. The monoisotopic (exact) mass is 474 g/mol. The van der Waals surface area contributed by atoms with Crippen LogP contribution in [0.2, 0.25) is 0 Å². The first-order chi connectivity index (χ1) is 18.1. The molecular weight excluding hydrogens is 444 g/mol. The van der Waals surface area contributed by atoms with Crippen LogP contribution in [0.15, 0.2) is 144 Å². The molecule has 7 rings (SSSR count). The summed E-state index contributed by atoms with van der Waals surface area (Å²) < 4.78 is 0. The Labute approximate surface area is 220 Å². The van der Waals surface area contributed by atoms with Gasteiger partial charge in [0, 0.05) is 0 Å². The zero-order chi connectivity index (χ0) is 25.0. The maximum Gasteiger partial charge on any atom is 0.0707 e. The van der Waals surface area contributed by atoms with Crippen LogP contribution in [-0.4, -0.2) is 0 Å². The summed E-state index contributed by atoms with van der Waals surface area (Å²) in [4.78, 5) is 0. The van der Waals surface area contributed by atoms with Gasteiger partial charge in [0.1, 0.15) is 0 Å². The number of fused-ring (bicyclic) bond motifs is 1. The van der Waals surface area contributed by atoms with Crippen LogP contribution in [0.25, 0.3) is 11.1 Å². The molecule has 178 valence electrons. The molecule has 0 N–H and O–H groups in total. The Morgan fingerprint density at radius 2 is 0.919 bits per heavy atom. The maximum atomic E-state index is 2.52. The zero-order valence-corrected chi connectivity index (χ0v) is 21.5. The molecule has 0 spiro atoms. The summed E-state index contributed by atoms with van der Waals surface area (Å²) in [6.45, 7) is 4.38. The first-order valence-corrected chi connectivity index (χ1v) is 13.3. The molecule has 0 aromatic heterocycles. The smallest absolute Gasteiger partial charge is 0.0622 e. The number of aryl methyl sites for hydroxylation is 2. The largest absolute Gasteiger partial charge is 0.0707 e. The van der Waals surface area contributed by atoms with Crippen molar-refractivity contribution in [2.75, 3.05) is 0 Å². The van der Waals surface area contributed by atoms with E-state index in [2.05, 4.69) is 135 Å². The number of hydrogen-bond donors (Lipinski definition) is 0. The van der Waals surface area contributed by atoms with Crippen LogP contribution in [0.3, 0.4) is 0 Å². The normalized spacial score (nSPS) is 17.6. The Bertz CT molecular complexity index is 1530. The van der Waals surface area contributed by atoms with Gasteiger partial charge in [0.15, 0.2) is 0 Å². The quantitative estimate of drug-likeness (QED) is 0.277. The summed E-state index contributed by atoms with van der Waals surface area (Å²) in [6, 6.07) is 40.3. The molecule has 0 unspecified atom stereocenters. The molecule has 0 saturated carbocycles. The van der Waals surface area contributed by atoms with E-state index in [0.29, 0.717) is 0 Å². The fraction of sp³-hybridized carbons (Fsp3) is 0.135. The van der Waals surface area contributed by atoms with Crippen molar-refractivity contribution in [2.45, 2.75) is 32.1 Å². The van der Waals surface area contributed by atoms with Gasteiger partial charge in [0.05, 0.1) is 5.41 Å². The van der Waals surface area contributed by atoms with Crippen LogP contribution in [0.4, 0.5) is 0 Å². The molecule has 0 amide bonds. The first-order valence-electron chi connectivity index (χ1n) is 13.3. The highest BCUT2D eigenvalue weighted by Crippen LogP contribution is 2.62. The van der Waals surface area contributed by atoms with Crippen molar-refractivity contribution >= 4 is 11.1 Å². The summed E-state index contributed by atoms with van der Waals surface area (Å²) >= 11 is 0. The summed E-state index contributed by atoms with van der Waals surface area (Å²) in [5.41, 5.74) is 16.6. The van der Waals surface area contributed by atoms with Gasteiger partial charge in [-0.25, -0.2) is 0 Å². The maximum absolute atomic E-state index is 2.52. The van der Waals surface area contributed by atoms with Gasteiger partial charge in [-0.3, -0.25) is 0 Å². The molecular formula is C37H30. The van der Waals surface area contributed by atoms with Crippen LogP contribution in [0, 0.1) is 13.8 Å². The van der Waals surface area contributed by atoms with Gasteiger partial charge in [-0.15, -0.1) is 0 Å². The van der Waals surface area contributed by atoms with Crippen molar-refractivity contribution in [1.82, 2.24) is 0 Å². The summed E-state index contributed by atoms with van der Waals surface area (Å²) in [6.07, 6.45) is 7.02. The molecule has 0 heteroatoms. The van der Waals surface area contributed by atoms with E-state index < -0.39 is 0 Å². The molecule has 0 nitrogen and oxygen atoms in total. The first kappa shape index (κ1) is 22.1. The molecule has 0 radical (unpaired) electrons. The third kappa shape index (κ3) is 3.36. The molecule has 4 aromatic rings. The van der Waals surface area contributed by atoms with Crippen LogP contribution in [0.1, 0.15) is 46.2 Å². The number of benzene rings is 4. The van der Waals surface area contributed by atoms with Crippen LogP contribution >= 0.6 is 0 Å². The number of hydrogen-bond acceptors (Lipinski definition) is 0. The highest BCUT2D eigenvalue weighted by molar-refractivity contribution is 5.90. The van der Waals surface area contributed by atoms with Crippen LogP contribution in [0.5, 0.6) is 0 Å². The highest BCUT2D eigenvalue weighted by atomic mass is 14.5. The predicted octanol–water partition coefficient (Wildman–Crippen LogP) is 9.17. The van der Waals surface area contributed by atoms with E-state index in [1.807, 2.05) is 0 Å². The minimum atomic E-state index is -0.301. The van der Waals surface area contributed by atoms with E-state index in [0.717, 1.165) is 12.8 Å². The zero-order valence-electron chi connectivity index (χ0n) is 21.5. The van der Waals surface area contributed by atoms with E-state index in [1.54, 1.807) is 0 Å². The average Bonchev–Trinajstić information content (AvgIpc) is 3.61. The second-order valence-electron chi connectivity index (χ2n) is 10.7. The average molecular weight is 475 g/mol. The lowest BCUT2D eigenvalue weighted by atomic mass is 9.66. The van der Waals surface area contributed by atoms with Crippen molar-refractivity contribution in [3.05, 3.63) is 177 Å². The lowest BCUT2D eigenvalue weighted by molar-refractivity contribution is 0.757. The molecule has 3 aliphatic carbocycles. The van der Waals surface area contributed by atoms with Gasteiger partial charge >= 0.3 is 0 Å². The second-order valence-corrected chi connectivity index (χ2v) is 10.7. The Morgan fingerprint density at radius 3 is 1.32 bits per heavy atom. The molecule has 4 aromatic carbocycles. The molecule has 0 aliphatic heterocycles. The molecule has 37 heavy (non-hydrogen) atoms. The van der Waals surface area contributed by atoms with E-state index in [4.69, 9.17) is 0 Å². The highest BCUT2D eigenvalue weighted by Gasteiger charge is 2.50. The molecule has 0 fully saturated rings. The summed E-state index contributed by atoms with van der Waals surface area (Å²) in [7, 11) is 0. The standard InChI is InChI=1S/C37H30/c1-25-11-9-13-27(19-25)29-21-33-34-22-30(28-14-10-12-26(2)20-28)24-36(34)37(35(33)23-29,31-15-5-3-6-16-31)32-17-7-4-8-18-32/h3-20,23-24H,21-22H2,1-2H3. The third-order valence-corrected chi connectivity index (χ3v) is 8.39. The Kier molecular flexibility index (Phi) is 5.04.